The summed E-state index contributed by atoms with van der Waals surface area (Å²) in [5.74, 6) is -0.0563. The summed E-state index contributed by atoms with van der Waals surface area (Å²) in [5.41, 5.74) is 6.65. The highest BCUT2D eigenvalue weighted by molar-refractivity contribution is 7.12. The van der Waals surface area contributed by atoms with Crippen LogP contribution in [0.5, 0.6) is 0 Å². The molecule has 0 bridgehead atoms. The van der Waals surface area contributed by atoms with Crippen LogP contribution >= 0.6 is 22.9 Å². The minimum Gasteiger partial charge on any atom is -0.398 e. The zero-order chi connectivity index (χ0) is 10.8. The first kappa shape index (κ1) is 10.2. The van der Waals surface area contributed by atoms with Gasteiger partial charge in [-0.1, -0.05) is 17.7 Å². The van der Waals surface area contributed by atoms with Crippen LogP contribution < -0.4 is 5.73 Å². The Morgan fingerprint density at radius 2 is 2.13 bits per heavy atom. The van der Waals surface area contributed by atoms with Crippen LogP contribution in [0.1, 0.15) is 15.2 Å². The number of rotatable bonds is 2. The molecule has 2 aromatic rings. The zero-order valence-electron chi connectivity index (χ0n) is 7.74. The lowest BCUT2D eigenvalue weighted by Gasteiger charge is -2.03. The van der Waals surface area contributed by atoms with E-state index in [1.807, 2.05) is 11.4 Å². The van der Waals surface area contributed by atoms with Crippen molar-refractivity contribution in [3.8, 4) is 0 Å². The highest BCUT2D eigenvalue weighted by Gasteiger charge is 2.12. The Labute approximate surface area is 96.3 Å². The molecule has 0 atom stereocenters. The molecule has 0 aliphatic heterocycles. The lowest BCUT2D eigenvalue weighted by Crippen LogP contribution is -2.03. The standard InChI is InChI=1S/C11H8ClNOS/c12-7-3-4-8(9(13)6-7)11(14)10-2-1-5-15-10/h1-6H,13H2. The lowest BCUT2D eigenvalue weighted by atomic mass is 10.1. The van der Waals surface area contributed by atoms with Crippen LogP contribution in [0.3, 0.4) is 0 Å². The molecule has 0 aliphatic carbocycles. The summed E-state index contributed by atoms with van der Waals surface area (Å²) in [7, 11) is 0. The Balaban J connectivity index is 2.42. The first-order chi connectivity index (χ1) is 7.18. The molecule has 0 spiro atoms. The van der Waals surface area contributed by atoms with Crippen molar-refractivity contribution in [2.75, 3.05) is 5.73 Å². The first-order valence-electron chi connectivity index (χ1n) is 4.31. The second-order valence-corrected chi connectivity index (χ2v) is 4.42. The molecule has 0 saturated carbocycles. The Bertz CT molecular complexity index is 493. The number of carbonyl (C=O) groups excluding carboxylic acids is 1. The lowest BCUT2D eigenvalue weighted by molar-refractivity contribution is 0.104. The zero-order valence-corrected chi connectivity index (χ0v) is 9.31. The van der Waals surface area contributed by atoms with E-state index >= 15 is 0 Å². The summed E-state index contributed by atoms with van der Waals surface area (Å²) in [6.45, 7) is 0. The SMILES string of the molecule is Nc1cc(Cl)ccc1C(=O)c1cccs1. The molecule has 1 heterocycles. The van der Waals surface area contributed by atoms with Gasteiger partial charge in [0.25, 0.3) is 0 Å². The van der Waals surface area contributed by atoms with Crippen LogP contribution in [0.4, 0.5) is 5.69 Å². The van der Waals surface area contributed by atoms with Crippen LogP contribution in [-0.2, 0) is 0 Å². The van der Waals surface area contributed by atoms with E-state index in [-0.39, 0.29) is 5.78 Å². The van der Waals surface area contributed by atoms with Gasteiger partial charge in [0.2, 0.25) is 5.78 Å². The van der Waals surface area contributed by atoms with E-state index in [0.29, 0.717) is 21.2 Å². The molecule has 4 heteroatoms. The quantitative estimate of drug-likeness (QED) is 0.644. The third-order valence-electron chi connectivity index (χ3n) is 2.00. The molecule has 2 nitrogen and oxygen atoms in total. The molecule has 0 unspecified atom stereocenters. The number of benzene rings is 1. The number of nitrogen functional groups attached to an aromatic ring is 1. The Morgan fingerprint density at radius 1 is 1.33 bits per heavy atom. The van der Waals surface area contributed by atoms with E-state index in [1.165, 1.54) is 11.3 Å². The number of halogens is 1. The number of hydrogen-bond acceptors (Lipinski definition) is 3. The number of carbonyl (C=O) groups is 1. The maximum absolute atomic E-state index is 11.9. The van der Waals surface area contributed by atoms with Crippen molar-refractivity contribution in [2.45, 2.75) is 0 Å². The predicted molar refractivity (Wildman–Crippen MR) is 63.6 cm³/mol. The molecule has 1 aromatic carbocycles. The number of ketones is 1. The van der Waals surface area contributed by atoms with Gasteiger partial charge in [-0.2, -0.15) is 0 Å². The average Bonchev–Trinajstić information content (AvgIpc) is 2.69. The van der Waals surface area contributed by atoms with Crippen LogP contribution in [0, 0.1) is 0 Å². The molecule has 0 aliphatic rings. The van der Waals surface area contributed by atoms with Gasteiger partial charge in [-0.25, -0.2) is 0 Å². The van der Waals surface area contributed by atoms with Gasteiger partial charge in [-0.15, -0.1) is 11.3 Å². The Kier molecular flexibility index (Phi) is 2.75. The number of nitrogens with two attached hydrogens (primary N) is 1. The van der Waals surface area contributed by atoms with Crippen molar-refractivity contribution in [3.05, 3.63) is 51.2 Å². The van der Waals surface area contributed by atoms with E-state index < -0.39 is 0 Å². The van der Waals surface area contributed by atoms with E-state index in [0.717, 1.165) is 0 Å². The second-order valence-electron chi connectivity index (χ2n) is 3.04. The van der Waals surface area contributed by atoms with Crippen molar-refractivity contribution >= 4 is 34.4 Å². The summed E-state index contributed by atoms with van der Waals surface area (Å²) in [6.07, 6.45) is 0. The molecular weight excluding hydrogens is 230 g/mol. The van der Waals surface area contributed by atoms with Crippen molar-refractivity contribution < 1.29 is 4.79 Å². The molecule has 0 saturated heterocycles. The number of thiophene rings is 1. The van der Waals surface area contributed by atoms with Crippen LogP contribution in [0.25, 0.3) is 0 Å². The Hall–Kier alpha value is -1.32. The van der Waals surface area contributed by atoms with Gasteiger partial charge in [0.15, 0.2) is 0 Å². The molecule has 1 aromatic heterocycles. The fraction of sp³-hybridized carbons (Fsp3) is 0. The average molecular weight is 238 g/mol. The maximum atomic E-state index is 11.9. The normalized spacial score (nSPS) is 10.2. The van der Waals surface area contributed by atoms with Gasteiger partial charge in [0, 0.05) is 16.3 Å². The summed E-state index contributed by atoms with van der Waals surface area (Å²) in [4.78, 5) is 12.6. The monoisotopic (exact) mass is 237 g/mol. The van der Waals surface area contributed by atoms with Gasteiger partial charge >= 0.3 is 0 Å². The van der Waals surface area contributed by atoms with Gasteiger partial charge in [-0.05, 0) is 29.6 Å². The van der Waals surface area contributed by atoms with Crippen molar-refractivity contribution in [1.82, 2.24) is 0 Å². The van der Waals surface area contributed by atoms with Gasteiger partial charge in [-0.3, -0.25) is 4.79 Å². The minimum atomic E-state index is -0.0563. The molecule has 2 N–H and O–H groups in total. The molecular formula is C11H8ClNOS. The molecule has 2 rings (SSSR count). The fourth-order valence-electron chi connectivity index (χ4n) is 1.28. The molecule has 76 valence electrons. The van der Waals surface area contributed by atoms with E-state index in [9.17, 15) is 4.79 Å². The third kappa shape index (κ3) is 2.03. The highest BCUT2D eigenvalue weighted by atomic mass is 35.5. The largest absolute Gasteiger partial charge is 0.398 e. The van der Waals surface area contributed by atoms with Crippen molar-refractivity contribution in [3.63, 3.8) is 0 Å². The van der Waals surface area contributed by atoms with Crippen LogP contribution in [-0.4, -0.2) is 5.78 Å². The fourth-order valence-corrected chi connectivity index (χ4v) is 2.14. The molecule has 0 fully saturated rings. The van der Waals surface area contributed by atoms with Gasteiger partial charge in [0.05, 0.1) is 4.88 Å². The number of hydrogen-bond donors (Lipinski definition) is 1. The van der Waals surface area contributed by atoms with Crippen LogP contribution in [0.15, 0.2) is 35.7 Å². The molecule has 0 radical (unpaired) electrons. The number of anilines is 1. The van der Waals surface area contributed by atoms with Crippen LogP contribution in [0.2, 0.25) is 5.02 Å². The molecule has 15 heavy (non-hydrogen) atoms. The summed E-state index contributed by atoms with van der Waals surface area (Å²) in [5, 5.41) is 2.40. The summed E-state index contributed by atoms with van der Waals surface area (Å²) >= 11 is 7.16. The van der Waals surface area contributed by atoms with E-state index in [2.05, 4.69) is 0 Å². The minimum absolute atomic E-state index is 0.0563. The smallest absolute Gasteiger partial charge is 0.205 e. The highest BCUT2D eigenvalue weighted by Crippen LogP contribution is 2.22. The summed E-state index contributed by atoms with van der Waals surface area (Å²) in [6, 6.07) is 8.52. The van der Waals surface area contributed by atoms with Gasteiger partial charge in [0.1, 0.15) is 0 Å². The topological polar surface area (TPSA) is 43.1 Å². The Morgan fingerprint density at radius 3 is 2.73 bits per heavy atom. The van der Waals surface area contributed by atoms with Crippen molar-refractivity contribution in [2.24, 2.45) is 0 Å². The second kappa shape index (κ2) is 4.04. The van der Waals surface area contributed by atoms with Gasteiger partial charge < -0.3 is 5.73 Å². The van der Waals surface area contributed by atoms with E-state index in [1.54, 1.807) is 24.3 Å². The van der Waals surface area contributed by atoms with Crippen molar-refractivity contribution in [1.29, 1.82) is 0 Å². The summed E-state index contributed by atoms with van der Waals surface area (Å²) < 4.78 is 0. The predicted octanol–water partition coefficient (Wildman–Crippen LogP) is 3.21. The maximum Gasteiger partial charge on any atom is 0.205 e. The molecule has 0 amide bonds. The first-order valence-corrected chi connectivity index (χ1v) is 5.57. The van der Waals surface area contributed by atoms with E-state index in [4.69, 9.17) is 17.3 Å². The third-order valence-corrected chi connectivity index (χ3v) is 3.11.